The topological polar surface area (TPSA) is 85.9 Å². The number of carbonyl (C=O) groups excluding carboxylic acids is 2. The molecule has 3 aliphatic rings. The largest absolute Gasteiger partial charge is 0.459 e. The van der Waals surface area contributed by atoms with Gasteiger partial charge in [-0.3, -0.25) is 0 Å². The molecular weight excluding hydrogens is 416 g/mol. The maximum absolute atomic E-state index is 13.0. The van der Waals surface area contributed by atoms with Gasteiger partial charge in [-0.25, -0.2) is 9.59 Å². The first-order valence-corrected chi connectivity index (χ1v) is 9.90. The number of fused-ring (bicyclic) bond motifs is 1. The maximum Gasteiger partial charge on any atom is 0.338 e. The molecule has 1 aromatic rings. The molecule has 1 fully saturated rings. The molecule has 0 bridgehead atoms. The van der Waals surface area contributed by atoms with Gasteiger partial charge in [0.15, 0.2) is 11.5 Å². The van der Waals surface area contributed by atoms with Crippen LogP contribution in [0.15, 0.2) is 27.9 Å². The molecule has 27 heavy (non-hydrogen) atoms. The van der Waals surface area contributed by atoms with Crippen molar-refractivity contribution in [2.45, 2.75) is 51.2 Å². The minimum absolute atomic E-state index is 0.0648. The summed E-state index contributed by atoms with van der Waals surface area (Å²) in [5, 5.41) is 5.50. The second kappa shape index (κ2) is 7.42. The molecule has 0 unspecified atom stereocenters. The van der Waals surface area contributed by atoms with Gasteiger partial charge in [-0.05, 0) is 50.3 Å². The smallest absolute Gasteiger partial charge is 0.338 e. The SMILES string of the molecule is CC1=C(C(=O)OC2CCCCC2)[C@@H](c2cc3c(cc2Br)OCO3)NC(=O)N1. The summed E-state index contributed by atoms with van der Waals surface area (Å²) in [6.07, 6.45) is 5.03. The van der Waals surface area contributed by atoms with Crippen LogP contribution in [0.3, 0.4) is 0 Å². The van der Waals surface area contributed by atoms with Gasteiger partial charge in [0, 0.05) is 10.2 Å². The highest BCUT2D eigenvalue weighted by Crippen LogP contribution is 2.41. The van der Waals surface area contributed by atoms with Gasteiger partial charge in [-0.2, -0.15) is 0 Å². The van der Waals surface area contributed by atoms with E-state index in [9.17, 15) is 9.59 Å². The number of nitrogens with one attached hydrogen (secondary N) is 2. The van der Waals surface area contributed by atoms with Crippen LogP contribution in [0.25, 0.3) is 0 Å². The summed E-state index contributed by atoms with van der Waals surface area (Å²) in [6, 6.07) is 2.56. The molecule has 2 aliphatic heterocycles. The van der Waals surface area contributed by atoms with Gasteiger partial charge in [0.1, 0.15) is 6.10 Å². The summed E-state index contributed by atoms with van der Waals surface area (Å²) in [7, 11) is 0. The van der Waals surface area contributed by atoms with Crippen LogP contribution in [-0.2, 0) is 9.53 Å². The van der Waals surface area contributed by atoms with Gasteiger partial charge in [0.05, 0.1) is 11.6 Å². The summed E-state index contributed by atoms with van der Waals surface area (Å²) in [5.41, 5.74) is 1.61. The normalized spacial score (nSPS) is 22.3. The zero-order valence-corrected chi connectivity index (χ0v) is 16.6. The Labute approximate surface area is 165 Å². The predicted molar refractivity (Wildman–Crippen MR) is 100 cm³/mol. The molecule has 2 N–H and O–H groups in total. The highest BCUT2D eigenvalue weighted by molar-refractivity contribution is 9.10. The molecule has 7 nitrogen and oxygen atoms in total. The lowest BCUT2D eigenvalue weighted by Gasteiger charge is -2.30. The van der Waals surface area contributed by atoms with Crippen molar-refractivity contribution in [3.63, 3.8) is 0 Å². The number of amides is 2. The predicted octanol–water partition coefficient (Wildman–Crippen LogP) is 3.68. The van der Waals surface area contributed by atoms with E-state index >= 15 is 0 Å². The Bertz CT molecular complexity index is 817. The van der Waals surface area contributed by atoms with E-state index in [4.69, 9.17) is 14.2 Å². The quantitative estimate of drug-likeness (QED) is 0.705. The zero-order chi connectivity index (χ0) is 19.0. The molecule has 144 valence electrons. The lowest BCUT2D eigenvalue weighted by Crippen LogP contribution is -2.45. The average Bonchev–Trinajstić information content (AvgIpc) is 3.08. The fraction of sp³-hybridized carbons (Fsp3) is 0.474. The molecule has 2 amide bonds. The average molecular weight is 437 g/mol. The summed E-state index contributed by atoms with van der Waals surface area (Å²) >= 11 is 3.52. The summed E-state index contributed by atoms with van der Waals surface area (Å²) in [6.45, 7) is 1.86. The van der Waals surface area contributed by atoms with Gasteiger partial charge in [-0.1, -0.05) is 22.4 Å². The number of urea groups is 1. The van der Waals surface area contributed by atoms with Crippen molar-refractivity contribution in [2.75, 3.05) is 6.79 Å². The number of carbonyl (C=O) groups is 2. The van der Waals surface area contributed by atoms with Crippen LogP contribution in [0.5, 0.6) is 11.5 Å². The van der Waals surface area contributed by atoms with Gasteiger partial charge in [0.2, 0.25) is 6.79 Å². The highest BCUT2D eigenvalue weighted by Gasteiger charge is 2.35. The maximum atomic E-state index is 13.0. The molecule has 1 aliphatic carbocycles. The fourth-order valence-corrected chi connectivity index (χ4v) is 4.30. The molecule has 1 aromatic carbocycles. The second-order valence-corrected chi connectivity index (χ2v) is 7.82. The Morgan fingerprint density at radius 3 is 2.63 bits per heavy atom. The van der Waals surface area contributed by atoms with E-state index in [1.807, 2.05) is 0 Å². The molecule has 2 heterocycles. The Balaban J connectivity index is 1.66. The third-order valence-electron chi connectivity index (χ3n) is 5.12. The fourth-order valence-electron chi connectivity index (χ4n) is 3.75. The molecular formula is C19H21BrN2O5. The Morgan fingerprint density at radius 1 is 1.19 bits per heavy atom. The molecule has 0 aromatic heterocycles. The molecule has 0 saturated heterocycles. The summed E-state index contributed by atoms with van der Waals surface area (Å²) < 4.78 is 17.3. The van der Waals surface area contributed by atoms with Crippen LogP contribution < -0.4 is 20.1 Å². The van der Waals surface area contributed by atoms with Crippen LogP contribution in [0.2, 0.25) is 0 Å². The van der Waals surface area contributed by atoms with Gasteiger partial charge in [0.25, 0.3) is 0 Å². The molecule has 8 heteroatoms. The van der Waals surface area contributed by atoms with Crippen molar-refractivity contribution in [1.82, 2.24) is 10.6 Å². The number of halogens is 1. The van der Waals surface area contributed by atoms with E-state index in [-0.39, 0.29) is 18.9 Å². The third-order valence-corrected chi connectivity index (χ3v) is 5.80. The first kappa shape index (κ1) is 18.2. The van der Waals surface area contributed by atoms with Crippen molar-refractivity contribution in [3.8, 4) is 11.5 Å². The zero-order valence-electron chi connectivity index (χ0n) is 15.0. The lowest BCUT2D eigenvalue weighted by atomic mass is 9.94. The van der Waals surface area contributed by atoms with Crippen molar-refractivity contribution < 1.29 is 23.8 Å². The lowest BCUT2D eigenvalue weighted by molar-refractivity contribution is -0.146. The Kier molecular flexibility index (Phi) is 4.99. The van der Waals surface area contributed by atoms with E-state index in [1.54, 1.807) is 19.1 Å². The van der Waals surface area contributed by atoms with Crippen LogP contribution in [0, 0.1) is 0 Å². The van der Waals surface area contributed by atoms with E-state index in [2.05, 4.69) is 26.6 Å². The number of esters is 1. The molecule has 0 spiro atoms. The van der Waals surface area contributed by atoms with Crippen molar-refractivity contribution in [3.05, 3.63) is 33.4 Å². The Morgan fingerprint density at radius 2 is 1.89 bits per heavy atom. The van der Waals surface area contributed by atoms with E-state index in [0.29, 0.717) is 28.3 Å². The van der Waals surface area contributed by atoms with Crippen LogP contribution in [0.1, 0.15) is 50.6 Å². The minimum Gasteiger partial charge on any atom is -0.459 e. The molecule has 4 rings (SSSR count). The number of hydrogen-bond acceptors (Lipinski definition) is 5. The van der Waals surface area contributed by atoms with Crippen LogP contribution in [-0.4, -0.2) is 24.9 Å². The number of rotatable bonds is 3. The van der Waals surface area contributed by atoms with E-state index in [0.717, 1.165) is 30.2 Å². The van der Waals surface area contributed by atoms with E-state index in [1.165, 1.54) is 6.42 Å². The highest BCUT2D eigenvalue weighted by atomic mass is 79.9. The van der Waals surface area contributed by atoms with E-state index < -0.39 is 12.0 Å². The van der Waals surface area contributed by atoms with Gasteiger partial charge < -0.3 is 24.8 Å². The number of allylic oxidation sites excluding steroid dienone is 1. The molecule has 1 saturated carbocycles. The standard InChI is InChI=1S/C19H21BrN2O5/c1-10-16(18(23)27-11-5-3-2-4-6-11)17(22-19(24)21-10)12-7-14-15(8-13(12)20)26-9-25-14/h7-8,11,17H,2-6,9H2,1H3,(H2,21,22,24)/t17-/m1/s1. The summed E-state index contributed by atoms with van der Waals surface area (Å²) in [5.74, 6) is 0.804. The second-order valence-electron chi connectivity index (χ2n) is 6.96. The van der Waals surface area contributed by atoms with Crippen molar-refractivity contribution in [1.29, 1.82) is 0 Å². The summed E-state index contributed by atoms with van der Waals surface area (Å²) in [4.78, 5) is 25.1. The van der Waals surface area contributed by atoms with Gasteiger partial charge >= 0.3 is 12.0 Å². The first-order valence-electron chi connectivity index (χ1n) is 9.11. The monoisotopic (exact) mass is 436 g/mol. The van der Waals surface area contributed by atoms with Crippen molar-refractivity contribution in [2.24, 2.45) is 0 Å². The van der Waals surface area contributed by atoms with Crippen LogP contribution >= 0.6 is 15.9 Å². The molecule has 1 atom stereocenters. The first-order chi connectivity index (χ1) is 13.0. The number of ether oxygens (including phenoxy) is 3. The number of hydrogen-bond donors (Lipinski definition) is 2. The Hall–Kier alpha value is -2.22. The van der Waals surface area contributed by atoms with Crippen molar-refractivity contribution >= 4 is 27.9 Å². The minimum atomic E-state index is -0.640. The van der Waals surface area contributed by atoms with Gasteiger partial charge in [-0.15, -0.1) is 0 Å². The van der Waals surface area contributed by atoms with Crippen LogP contribution in [0.4, 0.5) is 4.79 Å². The third kappa shape index (κ3) is 3.63. The number of benzene rings is 1. The molecule has 0 radical (unpaired) electrons.